The van der Waals surface area contributed by atoms with Crippen molar-refractivity contribution in [1.82, 2.24) is 20.3 Å². The lowest BCUT2D eigenvalue weighted by molar-refractivity contribution is -0.116. The number of aryl methyl sites for hydroxylation is 1. The van der Waals surface area contributed by atoms with Gasteiger partial charge in [0.1, 0.15) is 5.75 Å². The molecule has 0 atom stereocenters. The molecule has 0 bridgehead atoms. The van der Waals surface area contributed by atoms with Gasteiger partial charge >= 0.3 is 0 Å². The van der Waals surface area contributed by atoms with Crippen molar-refractivity contribution in [2.45, 2.75) is 24.1 Å². The number of nitrogens with one attached hydrogen (secondary N) is 1. The first-order chi connectivity index (χ1) is 12.7. The van der Waals surface area contributed by atoms with Crippen LogP contribution in [-0.4, -0.2) is 39.1 Å². The molecular weight excluding hydrogens is 374 g/mol. The molecule has 136 valence electrons. The summed E-state index contributed by atoms with van der Waals surface area (Å²) in [7, 11) is 1.61. The van der Waals surface area contributed by atoms with Gasteiger partial charge in [-0.15, -0.1) is 10.2 Å². The number of ether oxygens (including phenoxy) is 1. The maximum atomic E-state index is 12.0. The number of hydrogen-bond donors (Lipinski definition) is 1. The number of methoxy groups -OCH3 is 1. The Balaban J connectivity index is 1.52. The van der Waals surface area contributed by atoms with Crippen LogP contribution in [0.2, 0.25) is 0 Å². The van der Waals surface area contributed by atoms with Crippen molar-refractivity contribution < 1.29 is 14.1 Å². The molecule has 2 heterocycles. The third kappa shape index (κ3) is 4.79. The van der Waals surface area contributed by atoms with Gasteiger partial charge in [0.2, 0.25) is 22.8 Å². The molecule has 2 aromatic heterocycles. The van der Waals surface area contributed by atoms with E-state index in [0.29, 0.717) is 23.3 Å². The van der Waals surface area contributed by atoms with Gasteiger partial charge in [-0.3, -0.25) is 4.79 Å². The van der Waals surface area contributed by atoms with Gasteiger partial charge in [-0.25, -0.2) is 0 Å². The molecule has 0 saturated heterocycles. The molecule has 1 amide bonds. The second kappa shape index (κ2) is 8.77. The van der Waals surface area contributed by atoms with Crippen LogP contribution in [0.3, 0.4) is 0 Å². The van der Waals surface area contributed by atoms with Crippen molar-refractivity contribution in [3.63, 3.8) is 0 Å². The lowest BCUT2D eigenvalue weighted by atomic mass is 10.2. The van der Waals surface area contributed by atoms with E-state index in [4.69, 9.17) is 9.26 Å². The highest BCUT2D eigenvalue weighted by molar-refractivity contribution is 8.01. The lowest BCUT2D eigenvalue weighted by Crippen LogP contribution is -2.12. The van der Waals surface area contributed by atoms with Crippen LogP contribution in [0.5, 0.6) is 5.75 Å². The van der Waals surface area contributed by atoms with E-state index in [9.17, 15) is 4.79 Å². The number of nitrogens with zero attached hydrogens (tertiary/aromatic N) is 4. The number of rotatable bonds is 8. The Hall–Kier alpha value is -2.46. The predicted octanol–water partition coefficient (Wildman–Crippen LogP) is 3.28. The van der Waals surface area contributed by atoms with E-state index >= 15 is 0 Å². The van der Waals surface area contributed by atoms with Crippen LogP contribution in [0.4, 0.5) is 5.13 Å². The SMILES string of the molecule is CCSc1nnc(NC(=O)CCc2nc(-c3ccc(OC)cc3)no2)s1. The lowest BCUT2D eigenvalue weighted by Gasteiger charge is -1.99. The van der Waals surface area contributed by atoms with Crippen molar-refractivity contribution in [2.75, 3.05) is 18.2 Å². The smallest absolute Gasteiger partial charge is 0.227 e. The second-order valence-corrected chi connectivity index (χ2v) is 7.58. The van der Waals surface area contributed by atoms with Gasteiger partial charge < -0.3 is 14.6 Å². The van der Waals surface area contributed by atoms with Crippen LogP contribution in [0.1, 0.15) is 19.2 Å². The number of carbonyl (C=O) groups excluding carboxylic acids is 1. The Morgan fingerprint density at radius 1 is 1.31 bits per heavy atom. The van der Waals surface area contributed by atoms with Gasteiger partial charge in [0.15, 0.2) is 4.34 Å². The van der Waals surface area contributed by atoms with Crippen LogP contribution >= 0.6 is 23.1 Å². The Morgan fingerprint density at radius 2 is 2.12 bits per heavy atom. The molecule has 0 aliphatic carbocycles. The van der Waals surface area contributed by atoms with Gasteiger partial charge in [-0.1, -0.05) is 35.2 Å². The van der Waals surface area contributed by atoms with Gasteiger partial charge in [-0.05, 0) is 30.0 Å². The Labute approximate surface area is 158 Å². The van der Waals surface area contributed by atoms with Crippen molar-refractivity contribution >= 4 is 34.1 Å². The van der Waals surface area contributed by atoms with Crippen LogP contribution < -0.4 is 10.1 Å². The fourth-order valence-electron chi connectivity index (χ4n) is 2.06. The van der Waals surface area contributed by atoms with E-state index in [1.165, 1.54) is 11.3 Å². The zero-order chi connectivity index (χ0) is 18.4. The first kappa shape index (κ1) is 18.3. The van der Waals surface area contributed by atoms with Crippen molar-refractivity contribution in [3.8, 4) is 17.1 Å². The number of thioether (sulfide) groups is 1. The molecule has 0 unspecified atom stereocenters. The topological polar surface area (TPSA) is 103 Å². The molecular formula is C16H17N5O3S2. The molecule has 1 N–H and O–H groups in total. The summed E-state index contributed by atoms with van der Waals surface area (Å²) in [5, 5.41) is 15.1. The van der Waals surface area contributed by atoms with Gasteiger partial charge in [0.05, 0.1) is 7.11 Å². The van der Waals surface area contributed by atoms with Crippen molar-refractivity contribution in [3.05, 3.63) is 30.2 Å². The Morgan fingerprint density at radius 3 is 2.85 bits per heavy atom. The fourth-order valence-corrected chi connectivity index (χ4v) is 3.72. The van der Waals surface area contributed by atoms with E-state index in [2.05, 4.69) is 25.7 Å². The van der Waals surface area contributed by atoms with Crippen LogP contribution in [0, 0.1) is 0 Å². The average Bonchev–Trinajstić information content (AvgIpc) is 3.30. The molecule has 0 aliphatic heterocycles. The number of aromatic nitrogens is 4. The quantitative estimate of drug-likeness (QED) is 0.461. The summed E-state index contributed by atoms with van der Waals surface area (Å²) >= 11 is 2.95. The summed E-state index contributed by atoms with van der Waals surface area (Å²) in [6.07, 6.45) is 0.574. The number of hydrogen-bond acceptors (Lipinski definition) is 9. The Bertz CT molecular complexity index is 863. The zero-order valence-corrected chi connectivity index (χ0v) is 15.9. The number of anilines is 1. The number of carbonyl (C=O) groups is 1. The monoisotopic (exact) mass is 391 g/mol. The van der Waals surface area contributed by atoms with Crippen LogP contribution in [0.15, 0.2) is 33.1 Å². The molecule has 8 nitrogen and oxygen atoms in total. The largest absolute Gasteiger partial charge is 0.497 e. The maximum absolute atomic E-state index is 12.0. The average molecular weight is 391 g/mol. The summed E-state index contributed by atoms with van der Waals surface area (Å²) in [4.78, 5) is 16.3. The highest BCUT2D eigenvalue weighted by atomic mass is 32.2. The second-order valence-electron chi connectivity index (χ2n) is 5.09. The van der Waals surface area contributed by atoms with Crippen molar-refractivity contribution in [2.24, 2.45) is 0 Å². The van der Waals surface area contributed by atoms with E-state index in [1.54, 1.807) is 18.9 Å². The molecule has 0 fully saturated rings. The normalized spacial score (nSPS) is 10.7. The highest BCUT2D eigenvalue weighted by Gasteiger charge is 2.12. The van der Waals surface area contributed by atoms with E-state index < -0.39 is 0 Å². The van der Waals surface area contributed by atoms with E-state index in [-0.39, 0.29) is 12.3 Å². The minimum Gasteiger partial charge on any atom is -0.497 e. The van der Waals surface area contributed by atoms with Gasteiger partial charge in [0, 0.05) is 18.4 Å². The maximum Gasteiger partial charge on any atom is 0.227 e. The highest BCUT2D eigenvalue weighted by Crippen LogP contribution is 2.25. The molecule has 26 heavy (non-hydrogen) atoms. The molecule has 0 aliphatic rings. The van der Waals surface area contributed by atoms with Crippen molar-refractivity contribution in [1.29, 1.82) is 0 Å². The Kier molecular flexibility index (Phi) is 6.18. The van der Waals surface area contributed by atoms with Crippen LogP contribution in [-0.2, 0) is 11.2 Å². The standard InChI is InChI=1S/C16H17N5O3S2/c1-3-25-16-20-19-15(26-16)17-12(22)8-9-13-18-14(21-24-13)10-4-6-11(23-2)7-5-10/h4-7H,3,8-9H2,1-2H3,(H,17,19,22). The molecule has 0 saturated carbocycles. The first-order valence-electron chi connectivity index (χ1n) is 7.91. The number of amides is 1. The van der Waals surface area contributed by atoms with Gasteiger partial charge in [-0.2, -0.15) is 4.98 Å². The molecule has 3 aromatic rings. The predicted molar refractivity (Wildman–Crippen MR) is 99.5 cm³/mol. The third-order valence-corrected chi connectivity index (χ3v) is 5.16. The van der Waals surface area contributed by atoms with Gasteiger partial charge in [0.25, 0.3) is 0 Å². The minimum absolute atomic E-state index is 0.168. The summed E-state index contributed by atoms with van der Waals surface area (Å²) < 4.78 is 11.2. The third-order valence-electron chi connectivity index (χ3n) is 3.30. The summed E-state index contributed by atoms with van der Waals surface area (Å²) in [5.74, 6) is 2.39. The molecule has 0 spiro atoms. The minimum atomic E-state index is -0.168. The molecule has 10 heteroatoms. The van der Waals surface area contributed by atoms with E-state index in [1.807, 2.05) is 31.2 Å². The summed E-state index contributed by atoms with van der Waals surface area (Å²) in [6.45, 7) is 2.04. The molecule has 1 aromatic carbocycles. The molecule has 3 rings (SSSR count). The van der Waals surface area contributed by atoms with E-state index in [0.717, 1.165) is 21.4 Å². The van der Waals surface area contributed by atoms with Crippen LogP contribution in [0.25, 0.3) is 11.4 Å². The number of benzene rings is 1. The molecule has 0 radical (unpaired) electrons. The first-order valence-corrected chi connectivity index (χ1v) is 9.71. The zero-order valence-electron chi connectivity index (χ0n) is 14.3. The summed E-state index contributed by atoms with van der Waals surface area (Å²) in [5.41, 5.74) is 0.820. The summed E-state index contributed by atoms with van der Waals surface area (Å²) in [6, 6.07) is 7.35. The fraction of sp³-hybridized carbons (Fsp3) is 0.312.